The van der Waals surface area contributed by atoms with Crippen molar-refractivity contribution in [2.24, 2.45) is 5.92 Å². The lowest BCUT2D eigenvalue weighted by molar-refractivity contribution is -0.384. The molecule has 0 aromatic heterocycles. The third kappa shape index (κ3) is 4.55. The number of carbonyl (C=O) groups excluding carboxylic acids is 1. The Labute approximate surface area is 122 Å². The molecule has 0 radical (unpaired) electrons. The van der Waals surface area contributed by atoms with Gasteiger partial charge in [-0.1, -0.05) is 13.8 Å². The second kappa shape index (κ2) is 7.37. The Morgan fingerprint density at radius 3 is 2.33 bits per heavy atom. The summed E-state index contributed by atoms with van der Waals surface area (Å²) >= 11 is 0. The molecule has 1 unspecified atom stereocenters. The molecule has 1 atom stereocenters. The lowest BCUT2D eigenvalue weighted by Crippen LogP contribution is -2.37. The molecule has 0 bridgehead atoms. The monoisotopic (exact) mass is 294 g/mol. The highest BCUT2D eigenvalue weighted by atomic mass is 16.6. The number of carboxylic acid groups (broad SMARTS) is 1. The summed E-state index contributed by atoms with van der Waals surface area (Å²) in [5, 5.41) is 19.5. The van der Waals surface area contributed by atoms with Crippen molar-refractivity contribution in [2.45, 2.75) is 20.3 Å². The molecule has 114 valence electrons. The number of amides is 1. The van der Waals surface area contributed by atoms with Crippen LogP contribution >= 0.6 is 0 Å². The summed E-state index contributed by atoms with van der Waals surface area (Å²) in [6.45, 7) is 3.97. The van der Waals surface area contributed by atoms with Crippen LogP contribution in [-0.2, 0) is 4.79 Å². The van der Waals surface area contributed by atoms with Crippen molar-refractivity contribution >= 4 is 17.6 Å². The molecule has 0 heterocycles. The fourth-order valence-electron chi connectivity index (χ4n) is 1.86. The molecule has 1 amide bonds. The quantitative estimate of drug-likeness (QED) is 0.613. The maximum Gasteiger partial charge on any atom is 0.308 e. The van der Waals surface area contributed by atoms with E-state index in [1.807, 2.05) is 6.92 Å². The molecule has 0 saturated heterocycles. The summed E-state index contributed by atoms with van der Waals surface area (Å²) in [6, 6.07) is 5.29. The van der Waals surface area contributed by atoms with E-state index in [9.17, 15) is 19.7 Å². The smallest absolute Gasteiger partial charge is 0.308 e. The highest BCUT2D eigenvalue weighted by Crippen LogP contribution is 2.14. The van der Waals surface area contributed by atoms with Crippen LogP contribution in [0, 0.1) is 16.0 Å². The van der Waals surface area contributed by atoms with Crippen molar-refractivity contribution < 1.29 is 19.6 Å². The molecule has 0 saturated carbocycles. The van der Waals surface area contributed by atoms with Crippen LogP contribution in [0.4, 0.5) is 5.69 Å². The average Bonchev–Trinajstić information content (AvgIpc) is 2.45. The highest BCUT2D eigenvalue weighted by Gasteiger charge is 2.21. The van der Waals surface area contributed by atoms with E-state index in [0.717, 1.165) is 0 Å². The highest BCUT2D eigenvalue weighted by molar-refractivity contribution is 5.94. The first-order chi connectivity index (χ1) is 9.86. The Balaban J connectivity index is 2.89. The van der Waals surface area contributed by atoms with Crippen molar-refractivity contribution in [1.82, 2.24) is 4.90 Å². The van der Waals surface area contributed by atoms with E-state index in [4.69, 9.17) is 5.11 Å². The maximum absolute atomic E-state index is 12.3. The lowest BCUT2D eigenvalue weighted by atomic mass is 10.1. The van der Waals surface area contributed by atoms with E-state index >= 15 is 0 Å². The zero-order valence-electron chi connectivity index (χ0n) is 12.0. The Morgan fingerprint density at radius 1 is 1.33 bits per heavy atom. The Morgan fingerprint density at radius 2 is 1.90 bits per heavy atom. The van der Waals surface area contributed by atoms with Crippen molar-refractivity contribution in [2.75, 3.05) is 13.1 Å². The van der Waals surface area contributed by atoms with Gasteiger partial charge in [-0.25, -0.2) is 0 Å². The number of aliphatic carboxylic acids is 1. The molecule has 7 heteroatoms. The molecule has 0 aliphatic carbocycles. The molecule has 21 heavy (non-hydrogen) atoms. The summed E-state index contributed by atoms with van der Waals surface area (Å²) in [4.78, 5) is 34.7. The predicted molar refractivity (Wildman–Crippen MR) is 76.1 cm³/mol. The number of hydrogen-bond donors (Lipinski definition) is 1. The number of nitrogens with zero attached hydrogens (tertiary/aromatic N) is 2. The van der Waals surface area contributed by atoms with E-state index in [-0.39, 0.29) is 18.1 Å². The van der Waals surface area contributed by atoms with Crippen LogP contribution in [-0.4, -0.2) is 39.9 Å². The van der Waals surface area contributed by atoms with Gasteiger partial charge < -0.3 is 10.0 Å². The third-order valence-corrected chi connectivity index (χ3v) is 3.02. The van der Waals surface area contributed by atoms with Gasteiger partial charge in [0.15, 0.2) is 0 Å². The van der Waals surface area contributed by atoms with Crippen LogP contribution in [0.3, 0.4) is 0 Å². The number of nitro benzene ring substituents is 1. The van der Waals surface area contributed by atoms with Gasteiger partial charge in [-0.3, -0.25) is 19.7 Å². The van der Waals surface area contributed by atoms with Gasteiger partial charge in [0.05, 0.1) is 10.8 Å². The van der Waals surface area contributed by atoms with Crippen LogP contribution in [0.25, 0.3) is 0 Å². The Hall–Kier alpha value is -2.44. The van der Waals surface area contributed by atoms with Crippen molar-refractivity contribution in [3.8, 4) is 0 Å². The van der Waals surface area contributed by atoms with E-state index in [0.29, 0.717) is 18.5 Å². The minimum Gasteiger partial charge on any atom is -0.481 e. The molecule has 1 aromatic rings. The Kier molecular flexibility index (Phi) is 5.83. The SMILES string of the molecule is CCCN(CC(C)C(=O)O)C(=O)c1ccc([N+](=O)[O-])cc1. The van der Waals surface area contributed by atoms with E-state index in [1.54, 1.807) is 0 Å². The second-order valence-electron chi connectivity index (χ2n) is 4.79. The molecule has 7 nitrogen and oxygen atoms in total. The standard InChI is InChI=1S/C14H18N2O5/c1-3-8-15(9-10(2)14(18)19)13(17)11-4-6-12(7-5-11)16(20)21/h4-7,10H,3,8-9H2,1-2H3,(H,18,19). The number of rotatable bonds is 7. The molecular formula is C14H18N2O5. The normalized spacial score (nSPS) is 11.7. The molecule has 0 fully saturated rings. The fourth-order valence-corrected chi connectivity index (χ4v) is 1.86. The summed E-state index contributed by atoms with van der Waals surface area (Å²) in [6.07, 6.45) is 0.699. The Bertz CT molecular complexity index is 527. The number of carbonyl (C=O) groups is 2. The summed E-state index contributed by atoms with van der Waals surface area (Å²) in [7, 11) is 0. The van der Waals surface area contributed by atoms with Gasteiger partial charge in [0, 0.05) is 30.8 Å². The van der Waals surface area contributed by atoms with Gasteiger partial charge in [-0.05, 0) is 18.6 Å². The molecule has 1 rings (SSSR count). The minimum atomic E-state index is -0.965. The maximum atomic E-state index is 12.3. The largest absolute Gasteiger partial charge is 0.481 e. The van der Waals surface area contributed by atoms with Crippen molar-refractivity contribution in [3.63, 3.8) is 0 Å². The number of benzene rings is 1. The van der Waals surface area contributed by atoms with E-state index in [1.165, 1.54) is 36.1 Å². The number of hydrogen-bond acceptors (Lipinski definition) is 4. The van der Waals surface area contributed by atoms with Crippen molar-refractivity contribution in [3.05, 3.63) is 39.9 Å². The summed E-state index contributed by atoms with van der Waals surface area (Å²) in [5.41, 5.74) is 0.221. The molecule has 0 spiro atoms. The van der Waals surface area contributed by atoms with Crippen LogP contribution in [0.1, 0.15) is 30.6 Å². The number of nitro groups is 1. The van der Waals surface area contributed by atoms with Gasteiger partial charge in [-0.2, -0.15) is 0 Å². The fraction of sp³-hybridized carbons (Fsp3) is 0.429. The molecular weight excluding hydrogens is 276 g/mol. The minimum absolute atomic E-state index is 0.0903. The van der Waals surface area contributed by atoms with Gasteiger partial charge in [-0.15, -0.1) is 0 Å². The second-order valence-corrected chi connectivity index (χ2v) is 4.79. The third-order valence-electron chi connectivity index (χ3n) is 3.02. The topological polar surface area (TPSA) is 101 Å². The zero-order chi connectivity index (χ0) is 16.0. The number of non-ortho nitro benzene ring substituents is 1. The van der Waals surface area contributed by atoms with Gasteiger partial charge in [0.2, 0.25) is 0 Å². The molecule has 0 aliphatic rings. The first kappa shape index (κ1) is 16.6. The summed E-state index contributed by atoms with van der Waals surface area (Å²) < 4.78 is 0. The van der Waals surface area contributed by atoms with Gasteiger partial charge in [0.25, 0.3) is 11.6 Å². The summed E-state index contributed by atoms with van der Waals surface area (Å²) in [5.74, 6) is -1.95. The van der Waals surface area contributed by atoms with Crippen LogP contribution in [0.2, 0.25) is 0 Å². The van der Waals surface area contributed by atoms with Gasteiger partial charge >= 0.3 is 5.97 Å². The van der Waals surface area contributed by atoms with Crippen LogP contribution < -0.4 is 0 Å². The zero-order valence-corrected chi connectivity index (χ0v) is 12.0. The van der Waals surface area contributed by atoms with E-state index < -0.39 is 16.8 Å². The lowest BCUT2D eigenvalue weighted by Gasteiger charge is -2.24. The first-order valence-corrected chi connectivity index (χ1v) is 6.63. The average molecular weight is 294 g/mol. The van der Waals surface area contributed by atoms with Crippen molar-refractivity contribution in [1.29, 1.82) is 0 Å². The first-order valence-electron chi connectivity index (χ1n) is 6.63. The van der Waals surface area contributed by atoms with Crippen LogP contribution in [0.5, 0.6) is 0 Å². The molecule has 1 N–H and O–H groups in total. The molecule has 1 aromatic carbocycles. The van der Waals surface area contributed by atoms with E-state index in [2.05, 4.69) is 0 Å². The predicted octanol–water partition coefficient (Wildman–Crippen LogP) is 2.17. The van der Waals surface area contributed by atoms with Crippen LogP contribution in [0.15, 0.2) is 24.3 Å². The number of carboxylic acids is 1. The van der Waals surface area contributed by atoms with Gasteiger partial charge in [0.1, 0.15) is 0 Å². The molecule has 0 aliphatic heterocycles.